The molecule has 0 radical (unpaired) electrons. The number of hydrogen-bond donors (Lipinski definition) is 1. The van der Waals surface area contributed by atoms with E-state index < -0.39 is 0 Å². The smallest absolute Gasteiger partial charge is 0.0808 e. The zero-order chi connectivity index (χ0) is 11.2. The lowest BCUT2D eigenvalue weighted by atomic mass is 10.00. The Morgan fingerprint density at radius 1 is 1.12 bits per heavy atom. The van der Waals surface area contributed by atoms with E-state index >= 15 is 0 Å². The fourth-order valence-electron chi connectivity index (χ4n) is 2.80. The summed E-state index contributed by atoms with van der Waals surface area (Å²) in [6.45, 7) is 2.35. The maximum absolute atomic E-state index is 6.13. The predicted molar refractivity (Wildman–Crippen MR) is 64.3 cm³/mol. The molecule has 0 aromatic carbocycles. The normalized spacial score (nSPS) is 29.4. The summed E-state index contributed by atoms with van der Waals surface area (Å²) in [5.74, 6) is 0.701. The average molecular weight is 227 g/mol. The van der Waals surface area contributed by atoms with E-state index in [1.54, 1.807) is 0 Å². The fourth-order valence-corrected chi connectivity index (χ4v) is 2.80. The van der Waals surface area contributed by atoms with E-state index in [0.717, 1.165) is 19.6 Å². The van der Waals surface area contributed by atoms with Gasteiger partial charge in [0.1, 0.15) is 0 Å². The lowest BCUT2D eigenvalue weighted by Gasteiger charge is -2.24. The topological polar surface area (TPSA) is 44.5 Å². The molecule has 2 N–H and O–H groups in total. The summed E-state index contributed by atoms with van der Waals surface area (Å²) < 4.78 is 11.3. The summed E-state index contributed by atoms with van der Waals surface area (Å²) in [6.07, 6.45) is 9.26. The summed E-state index contributed by atoms with van der Waals surface area (Å²) in [5, 5.41) is 0. The van der Waals surface area contributed by atoms with Gasteiger partial charge >= 0.3 is 0 Å². The highest BCUT2D eigenvalue weighted by molar-refractivity contribution is 4.77. The number of ether oxygens (including phenoxy) is 2. The van der Waals surface area contributed by atoms with Crippen LogP contribution < -0.4 is 5.73 Å². The summed E-state index contributed by atoms with van der Waals surface area (Å²) in [7, 11) is 0. The standard InChI is InChI=1S/C13H25NO2/c14-13(11-5-1-2-6-11)10-15-9-12-7-3-4-8-16-12/h11-13H,1-10,14H2. The fraction of sp³-hybridized carbons (Fsp3) is 1.00. The van der Waals surface area contributed by atoms with Crippen molar-refractivity contribution in [3.05, 3.63) is 0 Å². The van der Waals surface area contributed by atoms with Gasteiger partial charge in [-0.05, 0) is 38.0 Å². The zero-order valence-corrected chi connectivity index (χ0v) is 10.2. The number of hydrogen-bond acceptors (Lipinski definition) is 3. The van der Waals surface area contributed by atoms with Gasteiger partial charge in [0.15, 0.2) is 0 Å². The van der Waals surface area contributed by atoms with Crippen molar-refractivity contribution in [1.82, 2.24) is 0 Å². The van der Waals surface area contributed by atoms with Crippen LogP contribution in [0.1, 0.15) is 44.9 Å². The van der Waals surface area contributed by atoms with Crippen LogP contribution in [-0.4, -0.2) is 32.0 Å². The molecule has 1 heterocycles. The molecule has 2 aliphatic rings. The first-order valence-corrected chi connectivity index (χ1v) is 6.81. The second kappa shape index (κ2) is 6.58. The molecule has 1 aliphatic heterocycles. The molecule has 3 heteroatoms. The number of rotatable bonds is 5. The molecule has 2 rings (SSSR count). The van der Waals surface area contributed by atoms with Crippen molar-refractivity contribution in [1.29, 1.82) is 0 Å². The van der Waals surface area contributed by atoms with Gasteiger partial charge in [-0.15, -0.1) is 0 Å². The molecular weight excluding hydrogens is 202 g/mol. The Morgan fingerprint density at radius 3 is 2.56 bits per heavy atom. The van der Waals surface area contributed by atoms with Crippen molar-refractivity contribution in [2.45, 2.75) is 57.1 Å². The van der Waals surface area contributed by atoms with E-state index in [2.05, 4.69) is 0 Å². The van der Waals surface area contributed by atoms with Crippen LogP contribution in [0, 0.1) is 5.92 Å². The first-order valence-electron chi connectivity index (χ1n) is 6.81. The molecule has 0 amide bonds. The number of nitrogens with two attached hydrogens (primary N) is 1. The van der Waals surface area contributed by atoms with Crippen LogP contribution in [0.15, 0.2) is 0 Å². The van der Waals surface area contributed by atoms with Crippen molar-refractivity contribution >= 4 is 0 Å². The van der Waals surface area contributed by atoms with Gasteiger partial charge in [0.25, 0.3) is 0 Å². The van der Waals surface area contributed by atoms with E-state index in [-0.39, 0.29) is 6.04 Å². The third-order valence-electron chi connectivity index (χ3n) is 3.89. The van der Waals surface area contributed by atoms with Gasteiger partial charge in [-0.2, -0.15) is 0 Å². The third kappa shape index (κ3) is 3.72. The molecule has 3 nitrogen and oxygen atoms in total. The second-order valence-electron chi connectivity index (χ2n) is 5.23. The van der Waals surface area contributed by atoms with E-state index in [0.29, 0.717) is 18.6 Å². The second-order valence-corrected chi connectivity index (χ2v) is 5.23. The zero-order valence-electron chi connectivity index (χ0n) is 10.2. The first kappa shape index (κ1) is 12.3. The molecule has 0 spiro atoms. The minimum absolute atomic E-state index is 0.242. The lowest BCUT2D eigenvalue weighted by molar-refractivity contribution is -0.0446. The van der Waals surface area contributed by atoms with Gasteiger partial charge in [0.05, 0.1) is 19.3 Å². The quantitative estimate of drug-likeness (QED) is 0.782. The van der Waals surface area contributed by atoms with Gasteiger partial charge in [0.2, 0.25) is 0 Å². The molecule has 2 unspecified atom stereocenters. The summed E-state index contributed by atoms with van der Waals surface area (Å²) in [5.41, 5.74) is 6.13. The van der Waals surface area contributed by atoms with Gasteiger partial charge in [-0.1, -0.05) is 12.8 Å². The van der Waals surface area contributed by atoms with E-state index in [4.69, 9.17) is 15.2 Å². The van der Waals surface area contributed by atoms with Gasteiger partial charge in [0, 0.05) is 12.6 Å². The first-order chi connectivity index (χ1) is 7.86. The lowest BCUT2D eigenvalue weighted by Crippen LogP contribution is -2.35. The Bertz CT molecular complexity index is 186. The Balaban J connectivity index is 1.56. The third-order valence-corrected chi connectivity index (χ3v) is 3.89. The molecule has 94 valence electrons. The maximum Gasteiger partial charge on any atom is 0.0808 e. The molecule has 1 saturated carbocycles. The average Bonchev–Trinajstić information content (AvgIpc) is 2.84. The van der Waals surface area contributed by atoms with Gasteiger partial charge < -0.3 is 15.2 Å². The molecule has 1 aliphatic carbocycles. The Kier molecular flexibility index (Phi) is 5.07. The predicted octanol–water partition coefficient (Wildman–Crippen LogP) is 2.09. The van der Waals surface area contributed by atoms with Crippen LogP contribution in [0.3, 0.4) is 0 Å². The van der Waals surface area contributed by atoms with Crippen molar-refractivity contribution in [3.8, 4) is 0 Å². The van der Waals surface area contributed by atoms with E-state index in [1.165, 1.54) is 38.5 Å². The summed E-state index contributed by atoms with van der Waals surface area (Å²) in [6, 6.07) is 0.242. The molecule has 2 fully saturated rings. The highest BCUT2D eigenvalue weighted by Crippen LogP contribution is 2.26. The summed E-state index contributed by atoms with van der Waals surface area (Å²) in [4.78, 5) is 0. The maximum atomic E-state index is 6.13. The van der Waals surface area contributed by atoms with Crippen molar-refractivity contribution in [3.63, 3.8) is 0 Å². The van der Waals surface area contributed by atoms with Crippen LogP contribution in [-0.2, 0) is 9.47 Å². The Morgan fingerprint density at radius 2 is 1.88 bits per heavy atom. The largest absolute Gasteiger partial charge is 0.377 e. The van der Waals surface area contributed by atoms with E-state index in [1.807, 2.05) is 0 Å². The molecular formula is C13H25NO2. The van der Waals surface area contributed by atoms with Crippen LogP contribution in [0.25, 0.3) is 0 Å². The van der Waals surface area contributed by atoms with Crippen molar-refractivity contribution in [2.75, 3.05) is 19.8 Å². The Hall–Kier alpha value is -0.120. The SMILES string of the molecule is NC(COCC1CCCCO1)C1CCCC1. The molecule has 0 bridgehead atoms. The molecule has 2 atom stereocenters. The summed E-state index contributed by atoms with van der Waals surface area (Å²) >= 11 is 0. The van der Waals surface area contributed by atoms with Crippen LogP contribution in [0.5, 0.6) is 0 Å². The Labute approximate surface area is 98.7 Å². The van der Waals surface area contributed by atoms with Crippen LogP contribution in [0.2, 0.25) is 0 Å². The minimum atomic E-state index is 0.242. The monoisotopic (exact) mass is 227 g/mol. The van der Waals surface area contributed by atoms with Crippen molar-refractivity contribution < 1.29 is 9.47 Å². The molecule has 1 saturated heterocycles. The van der Waals surface area contributed by atoms with Crippen LogP contribution >= 0.6 is 0 Å². The highest BCUT2D eigenvalue weighted by atomic mass is 16.5. The minimum Gasteiger partial charge on any atom is -0.377 e. The molecule has 0 aromatic rings. The molecule has 16 heavy (non-hydrogen) atoms. The molecule has 0 aromatic heterocycles. The van der Waals surface area contributed by atoms with Gasteiger partial charge in [-0.25, -0.2) is 0 Å². The van der Waals surface area contributed by atoms with Crippen molar-refractivity contribution in [2.24, 2.45) is 11.7 Å². The highest BCUT2D eigenvalue weighted by Gasteiger charge is 2.22. The van der Waals surface area contributed by atoms with Crippen LogP contribution in [0.4, 0.5) is 0 Å². The van der Waals surface area contributed by atoms with E-state index in [9.17, 15) is 0 Å². The van der Waals surface area contributed by atoms with Gasteiger partial charge in [-0.3, -0.25) is 0 Å².